The van der Waals surface area contributed by atoms with Crippen molar-refractivity contribution in [3.05, 3.63) is 58.0 Å². The van der Waals surface area contributed by atoms with Crippen LogP contribution in [0.2, 0.25) is 10.0 Å². The minimum absolute atomic E-state index is 0.344. The summed E-state index contributed by atoms with van der Waals surface area (Å²) in [5, 5.41) is 8.79. The summed E-state index contributed by atoms with van der Waals surface area (Å²) in [5.41, 5.74) is 1.97. The van der Waals surface area contributed by atoms with Gasteiger partial charge in [-0.25, -0.2) is 4.98 Å². The quantitative estimate of drug-likeness (QED) is 0.641. The van der Waals surface area contributed by atoms with Crippen LogP contribution in [0.5, 0.6) is 0 Å². The van der Waals surface area contributed by atoms with Gasteiger partial charge in [-0.15, -0.1) is 0 Å². The molecule has 1 fully saturated rings. The monoisotopic (exact) mass is 417 g/mol. The lowest BCUT2D eigenvalue weighted by Gasteiger charge is -2.32. The van der Waals surface area contributed by atoms with Gasteiger partial charge >= 0.3 is 0 Å². The van der Waals surface area contributed by atoms with Gasteiger partial charge in [-0.1, -0.05) is 28.4 Å². The van der Waals surface area contributed by atoms with Crippen molar-refractivity contribution in [1.29, 1.82) is 0 Å². The van der Waals surface area contributed by atoms with Crippen LogP contribution in [0.3, 0.4) is 0 Å². The van der Waals surface area contributed by atoms with Gasteiger partial charge in [0.2, 0.25) is 0 Å². The SMILES string of the molecule is Cc1noc(-c2cccnc2NC2CCN(Cc3cc(Cl)cc(Cl)c3)CC2)n1. The fourth-order valence-corrected chi connectivity index (χ4v) is 4.06. The van der Waals surface area contributed by atoms with Crippen LogP contribution in [0, 0.1) is 6.92 Å². The van der Waals surface area contributed by atoms with Gasteiger partial charge < -0.3 is 9.84 Å². The normalized spacial score (nSPS) is 15.7. The Morgan fingerprint density at radius 1 is 1.18 bits per heavy atom. The van der Waals surface area contributed by atoms with E-state index in [2.05, 4.69) is 25.3 Å². The number of likely N-dealkylation sites (tertiary alicyclic amines) is 1. The van der Waals surface area contributed by atoms with E-state index in [-0.39, 0.29) is 0 Å². The predicted octanol–water partition coefficient (Wildman–Crippen LogP) is 4.82. The summed E-state index contributed by atoms with van der Waals surface area (Å²) < 4.78 is 5.31. The summed E-state index contributed by atoms with van der Waals surface area (Å²) in [4.78, 5) is 11.2. The van der Waals surface area contributed by atoms with Crippen LogP contribution in [0.25, 0.3) is 11.5 Å². The van der Waals surface area contributed by atoms with Crippen LogP contribution in [-0.2, 0) is 6.54 Å². The van der Waals surface area contributed by atoms with E-state index in [1.807, 2.05) is 24.3 Å². The van der Waals surface area contributed by atoms with Crippen LogP contribution in [0.15, 0.2) is 41.1 Å². The van der Waals surface area contributed by atoms with Crippen molar-refractivity contribution >= 4 is 29.0 Å². The summed E-state index contributed by atoms with van der Waals surface area (Å²) in [7, 11) is 0. The Labute approximate surface area is 173 Å². The molecule has 0 aliphatic carbocycles. The lowest BCUT2D eigenvalue weighted by atomic mass is 10.0. The maximum absolute atomic E-state index is 6.11. The molecule has 3 aromatic rings. The number of piperidine rings is 1. The lowest BCUT2D eigenvalue weighted by Crippen LogP contribution is -2.38. The highest BCUT2D eigenvalue weighted by atomic mass is 35.5. The first-order valence-corrected chi connectivity index (χ1v) is 10.0. The molecular formula is C20H21Cl2N5O. The zero-order valence-electron chi connectivity index (χ0n) is 15.5. The topological polar surface area (TPSA) is 67.1 Å². The number of nitrogens with one attached hydrogen (secondary N) is 1. The van der Waals surface area contributed by atoms with Crippen LogP contribution < -0.4 is 5.32 Å². The number of rotatable bonds is 5. The Balaban J connectivity index is 1.37. The second-order valence-electron chi connectivity index (χ2n) is 7.02. The molecule has 0 amide bonds. The van der Waals surface area contributed by atoms with Gasteiger partial charge in [0.25, 0.3) is 5.89 Å². The molecule has 146 valence electrons. The Bertz CT molecular complexity index is 933. The molecule has 28 heavy (non-hydrogen) atoms. The third-order valence-electron chi connectivity index (χ3n) is 4.82. The molecule has 6 nitrogen and oxygen atoms in total. The highest BCUT2D eigenvalue weighted by Gasteiger charge is 2.22. The minimum atomic E-state index is 0.344. The van der Waals surface area contributed by atoms with Crippen LogP contribution in [-0.4, -0.2) is 39.2 Å². The van der Waals surface area contributed by atoms with E-state index in [4.69, 9.17) is 27.7 Å². The Morgan fingerprint density at radius 2 is 1.93 bits per heavy atom. The number of hydrogen-bond donors (Lipinski definition) is 1. The van der Waals surface area contributed by atoms with Crippen LogP contribution in [0.1, 0.15) is 24.2 Å². The molecule has 1 aliphatic rings. The van der Waals surface area contributed by atoms with Gasteiger partial charge in [0.15, 0.2) is 5.82 Å². The molecular weight excluding hydrogens is 397 g/mol. The van der Waals surface area contributed by atoms with Crippen molar-refractivity contribution in [2.45, 2.75) is 32.4 Å². The largest absolute Gasteiger partial charge is 0.367 e. The van der Waals surface area contributed by atoms with E-state index in [0.29, 0.717) is 27.8 Å². The van der Waals surface area contributed by atoms with Gasteiger partial charge in [0, 0.05) is 41.9 Å². The molecule has 0 bridgehead atoms. The van der Waals surface area contributed by atoms with E-state index >= 15 is 0 Å². The van der Waals surface area contributed by atoms with Gasteiger partial charge in [-0.3, -0.25) is 4.90 Å². The third kappa shape index (κ3) is 4.63. The number of anilines is 1. The average molecular weight is 418 g/mol. The number of aryl methyl sites for hydroxylation is 1. The van der Waals surface area contributed by atoms with Crippen molar-refractivity contribution in [2.75, 3.05) is 18.4 Å². The van der Waals surface area contributed by atoms with Crippen molar-refractivity contribution in [3.63, 3.8) is 0 Å². The summed E-state index contributed by atoms with van der Waals surface area (Å²) in [5.74, 6) is 1.88. The van der Waals surface area contributed by atoms with Crippen molar-refractivity contribution in [2.24, 2.45) is 0 Å². The number of aromatic nitrogens is 3. The van der Waals surface area contributed by atoms with Crippen LogP contribution >= 0.6 is 23.2 Å². The second-order valence-corrected chi connectivity index (χ2v) is 7.89. The molecule has 0 atom stereocenters. The molecule has 3 heterocycles. The fraction of sp³-hybridized carbons (Fsp3) is 0.350. The first-order chi connectivity index (χ1) is 13.6. The Kier molecular flexibility index (Phi) is 5.80. The number of nitrogens with zero attached hydrogens (tertiary/aromatic N) is 4. The van der Waals surface area contributed by atoms with E-state index in [9.17, 15) is 0 Å². The molecule has 1 aliphatic heterocycles. The molecule has 0 saturated carbocycles. The Morgan fingerprint density at radius 3 is 2.61 bits per heavy atom. The average Bonchev–Trinajstić information content (AvgIpc) is 3.09. The molecule has 0 spiro atoms. The van der Waals surface area contributed by atoms with E-state index in [0.717, 1.165) is 49.4 Å². The maximum atomic E-state index is 6.11. The molecule has 8 heteroatoms. The summed E-state index contributed by atoms with van der Waals surface area (Å²) in [6.45, 7) is 4.63. The first kappa shape index (κ1) is 19.2. The number of pyridine rings is 1. The summed E-state index contributed by atoms with van der Waals surface area (Å²) in [6, 6.07) is 9.88. The van der Waals surface area contributed by atoms with E-state index in [1.54, 1.807) is 19.2 Å². The van der Waals surface area contributed by atoms with E-state index < -0.39 is 0 Å². The van der Waals surface area contributed by atoms with Crippen LogP contribution in [0.4, 0.5) is 5.82 Å². The lowest BCUT2D eigenvalue weighted by molar-refractivity contribution is 0.211. The predicted molar refractivity (Wildman–Crippen MR) is 111 cm³/mol. The second kappa shape index (κ2) is 8.47. The number of halogens is 2. The molecule has 1 aromatic carbocycles. The zero-order valence-corrected chi connectivity index (χ0v) is 17.0. The smallest absolute Gasteiger partial charge is 0.261 e. The third-order valence-corrected chi connectivity index (χ3v) is 5.26. The summed E-state index contributed by atoms with van der Waals surface area (Å²) >= 11 is 12.2. The van der Waals surface area contributed by atoms with Crippen molar-refractivity contribution in [3.8, 4) is 11.5 Å². The van der Waals surface area contributed by atoms with Gasteiger partial charge in [0.1, 0.15) is 5.82 Å². The van der Waals surface area contributed by atoms with Crippen molar-refractivity contribution < 1.29 is 4.52 Å². The molecule has 2 aromatic heterocycles. The molecule has 4 rings (SSSR count). The Hall–Kier alpha value is -2.15. The van der Waals surface area contributed by atoms with Gasteiger partial charge in [-0.2, -0.15) is 4.98 Å². The fourth-order valence-electron chi connectivity index (χ4n) is 3.49. The maximum Gasteiger partial charge on any atom is 0.261 e. The highest BCUT2D eigenvalue weighted by Crippen LogP contribution is 2.27. The highest BCUT2D eigenvalue weighted by molar-refractivity contribution is 6.34. The van der Waals surface area contributed by atoms with Gasteiger partial charge in [0.05, 0.1) is 5.56 Å². The summed E-state index contributed by atoms with van der Waals surface area (Å²) in [6.07, 6.45) is 3.81. The molecule has 0 radical (unpaired) electrons. The van der Waals surface area contributed by atoms with Crippen molar-refractivity contribution in [1.82, 2.24) is 20.0 Å². The number of hydrogen-bond acceptors (Lipinski definition) is 6. The first-order valence-electron chi connectivity index (χ1n) is 9.26. The molecule has 0 unspecified atom stereocenters. The van der Waals surface area contributed by atoms with E-state index in [1.165, 1.54) is 0 Å². The molecule has 1 saturated heterocycles. The minimum Gasteiger partial charge on any atom is -0.367 e. The number of benzene rings is 1. The molecule has 1 N–H and O–H groups in total. The zero-order chi connectivity index (χ0) is 19.5. The standard InChI is InChI=1S/C20H21Cl2N5O/c1-13-24-20(28-26-13)18-3-2-6-23-19(18)25-17-4-7-27(8-5-17)12-14-9-15(21)11-16(22)10-14/h2-3,6,9-11,17H,4-5,7-8,12H2,1H3,(H,23,25). The van der Waals surface area contributed by atoms with Gasteiger partial charge in [-0.05, 0) is 55.7 Å².